The monoisotopic (exact) mass is 359 g/mol. The minimum atomic E-state index is 1.00. The Labute approximate surface area is 156 Å². The van der Waals surface area contributed by atoms with Gasteiger partial charge in [0.05, 0.1) is 12.4 Å². The molecule has 0 radical (unpaired) electrons. The molecular formula is C20H21N7. The molecule has 27 heavy (non-hydrogen) atoms. The fourth-order valence-electron chi connectivity index (χ4n) is 2.58. The summed E-state index contributed by atoms with van der Waals surface area (Å²) in [6, 6.07) is 16.2. The van der Waals surface area contributed by atoms with Crippen molar-refractivity contribution in [3.8, 4) is 0 Å². The quantitative estimate of drug-likeness (QED) is 0.255. The Kier molecular flexibility index (Phi) is 5.98. The number of benzene rings is 2. The number of hydrogen-bond donors (Lipinski definition) is 4. The molecule has 0 bridgehead atoms. The second-order valence-electron chi connectivity index (χ2n) is 5.64. The summed E-state index contributed by atoms with van der Waals surface area (Å²) in [6.07, 6.45) is 8.46. The van der Waals surface area contributed by atoms with Crippen molar-refractivity contribution < 1.29 is 0 Å². The zero-order valence-electron chi connectivity index (χ0n) is 14.9. The third kappa shape index (κ3) is 4.82. The molecule has 0 aliphatic heterocycles. The Hall–Kier alpha value is -3.87. The SMILES string of the molecule is CN/N=C/c1ccc2[nH]ccc2c1.N/C=N\N=C\c1ccc2[nH]ccc2c1. The van der Waals surface area contributed by atoms with Gasteiger partial charge in [-0.2, -0.15) is 10.2 Å². The van der Waals surface area contributed by atoms with E-state index in [1.54, 1.807) is 19.5 Å². The number of aromatic amines is 2. The molecule has 0 amide bonds. The Morgan fingerprint density at radius 3 is 1.96 bits per heavy atom. The van der Waals surface area contributed by atoms with Crippen molar-refractivity contribution in [2.24, 2.45) is 21.0 Å². The van der Waals surface area contributed by atoms with Gasteiger partial charge in [-0.1, -0.05) is 12.1 Å². The predicted molar refractivity (Wildman–Crippen MR) is 114 cm³/mol. The molecule has 0 fully saturated rings. The number of aromatic nitrogens is 2. The average Bonchev–Trinajstić information content (AvgIpc) is 3.35. The maximum atomic E-state index is 5.06. The first-order chi connectivity index (χ1) is 13.3. The van der Waals surface area contributed by atoms with E-state index in [4.69, 9.17) is 5.73 Å². The first-order valence-corrected chi connectivity index (χ1v) is 8.41. The largest absolute Gasteiger partial charge is 0.388 e. The number of H-pyrrole nitrogens is 2. The van der Waals surface area contributed by atoms with Gasteiger partial charge >= 0.3 is 0 Å². The number of rotatable bonds is 4. The molecule has 0 aliphatic carbocycles. The van der Waals surface area contributed by atoms with E-state index in [-0.39, 0.29) is 0 Å². The zero-order chi connectivity index (χ0) is 18.9. The summed E-state index contributed by atoms with van der Waals surface area (Å²) in [7, 11) is 1.78. The zero-order valence-corrected chi connectivity index (χ0v) is 14.9. The Bertz CT molecular complexity index is 1090. The summed E-state index contributed by atoms with van der Waals surface area (Å²) in [6.45, 7) is 0. The van der Waals surface area contributed by atoms with Crippen molar-refractivity contribution in [3.63, 3.8) is 0 Å². The molecule has 7 nitrogen and oxygen atoms in total. The number of nitrogens with one attached hydrogen (secondary N) is 3. The Morgan fingerprint density at radius 2 is 1.41 bits per heavy atom. The molecule has 136 valence electrons. The van der Waals surface area contributed by atoms with E-state index in [0.29, 0.717) is 0 Å². The van der Waals surface area contributed by atoms with Gasteiger partial charge in [-0.15, -0.1) is 5.10 Å². The number of nitrogens with two attached hydrogens (primary N) is 1. The lowest BCUT2D eigenvalue weighted by Gasteiger charge is -1.93. The summed E-state index contributed by atoms with van der Waals surface area (Å²) in [4.78, 5) is 6.26. The highest BCUT2D eigenvalue weighted by molar-refractivity contribution is 5.89. The molecule has 2 aromatic carbocycles. The summed E-state index contributed by atoms with van der Waals surface area (Å²) in [5, 5.41) is 13.6. The third-order valence-electron chi connectivity index (χ3n) is 3.84. The molecule has 4 rings (SSSR count). The van der Waals surface area contributed by atoms with Gasteiger partial charge in [0.2, 0.25) is 0 Å². The van der Waals surface area contributed by atoms with Gasteiger partial charge in [-0.3, -0.25) is 0 Å². The Morgan fingerprint density at radius 1 is 0.815 bits per heavy atom. The molecule has 2 aromatic heterocycles. The van der Waals surface area contributed by atoms with E-state index in [1.807, 2.05) is 54.9 Å². The van der Waals surface area contributed by atoms with Crippen LogP contribution in [0.25, 0.3) is 21.8 Å². The van der Waals surface area contributed by atoms with Gasteiger partial charge in [0.25, 0.3) is 0 Å². The lowest BCUT2D eigenvalue weighted by atomic mass is 10.2. The van der Waals surface area contributed by atoms with Crippen LogP contribution < -0.4 is 11.2 Å². The highest BCUT2D eigenvalue weighted by Crippen LogP contribution is 2.13. The van der Waals surface area contributed by atoms with Gasteiger partial charge in [-0.25, -0.2) is 0 Å². The first kappa shape index (κ1) is 17.9. The molecule has 0 saturated carbocycles. The lowest BCUT2D eigenvalue weighted by molar-refractivity contribution is 0.908. The molecule has 2 heterocycles. The van der Waals surface area contributed by atoms with Crippen LogP contribution >= 0.6 is 0 Å². The standard InChI is InChI=1S/C10H10N4.C10H11N3/c11-7-14-13-6-8-1-2-10-9(5-8)3-4-12-10;1-11-13-7-8-2-3-10-9(6-8)4-5-12-10/h1-7,12H,(H2,11,14);2-7,11-12H,1H3/b13-6+;13-7+. The summed E-state index contributed by atoms with van der Waals surface area (Å²) >= 11 is 0. The van der Waals surface area contributed by atoms with Crippen molar-refractivity contribution in [2.75, 3.05) is 7.05 Å². The predicted octanol–water partition coefficient (Wildman–Crippen LogP) is 3.21. The van der Waals surface area contributed by atoms with Crippen molar-refractivity contribution in [2.45, 2.75) is 0 Å². The molecule has 5 N–H and O–H groups in total. The average molecular weight is 359 g/mol. The van der Waals surface area contributed by atoms with Gasteiger partial charge in [-0.05, 0) is 58.3 Å². The lowest BCUT2D eigenvalue weighted by Crippen LogP contribution is -1.94. The maximum Gasteiger partial charge on any atom is 0.108 e. The topological polar surface area (TPSA) is 107 Å². The first-order valence-electron chi connectivity index (χ1n) is 8.41. The van der Waals surface area contributed by atoms with E-state index in [9.17, 15) is 0 Å². The van der Waals surface area contributed by atoms with Gasteiger partial charge in [0, 0.05) is 30.5 Å². The highest BCUT2D eigenvalue weighted by atomic mass is 15.3. The number of fused-ring (bicyclic) bond motifs is 2. The Balaban J connectivity index is 0.000000156. The van der Waals surface area contributed by atoms with Crippen LogP contribution in [0.5, 0.6) is 0 Å². The third-order valence-corrected chi connectivity index (χ3v) is 3.84. The summed E-state index contributed by atoms with van der Waals surface area (Å²) in [5.41, 5.74) is 12.1. The molecule has 0 saturated heterocycles. The highest BCUT2D eigenvalue weighted by Gasteiger charge is 1.94. The molecule has 0 atom stereocenters. The normalized spacial score (nSPS) is 11.6. The van der Waals surface area contributed by atoms with E-state index < -0.39 is 0 Å². The van der Waals surface area contributed by atoms with Crippen LogP contribution in [0.1, 0.15) is 11.1 Å². The fourth-order valence-corrected chi connectivity index (χ4v) is 2.58. The number of nitrogens with zero attached hydrogens (tertiary/aromatic N) is 3. The second kappa shape index (κ2) is 9.00. The van der Waals surface area contributed by atoms with E-state index in [2.05, 4.69) is 36.8 Å². The van der Waals surface area contributed by atoms with Crippen LogP contribution in [-0.4, -0.2) is 35.8 Å². The van der Waals surface area contributed by atoms with E-state index in [0.717, 1.165) is 33.9 Å². The van der Waals surface area contributed by atoms with Crippen LogP contribution in [0.3, 0.4) is 0 Å². The molecule has 0 spiro atoms. The van der Waals surface area contributed by atoms with Crippen LogP contribution in [0.2, 0.25) is 0 Å². The second-order valence-corrected chi connectivity index (χ2v) is 5.64. The van der Waals surface area contributed by atoms with Crippen molar-refractivity contribution in [1.29, 1.82) is 0 Å². The van der Waals surface area contributed by atoms with Crippen molar-refractivity contribution in [3.05, 3.63) is 72.1 Å². The van der Waals surface area contributed by atoms with Gasteiger partial charge in [0.1, 0.15) is 6.34 Å². The molecule has 4 aromatic rings. The van der Waals surface area contributed by atoms with Gasteiger partial charge in [0.15, 0.2) is 0 Å². The number of hydrogen-bond acceptors (Lipinski definition) is 4. The molecule has 7 heteroatoms. The van der Waals surface area contributed by atoms with Gasteiger partial charge < -0.3 is 21.1 Å². The smallest absolute Gasteiger partial charge is 0.108 e. The maximum absolute atomic E-state index is 5.06. The fraction of sp³-hybridized carbons (Fsp3) is 0.0500. The molecule has 0 aliphatic rings. The van der Waals surface area contributed by atoms with Crippen LogP contribution in [0.4, 0.5) is 0 Å². The minimum absolute atomic E-state index is 1.00. The molecule has 0 unspecified atom stereocenters. The minimum Gasteiger partial charge on any atom is -0.388 e. The summed E-state index contributed by atoms with van der Waals surface area (Å²) in [5.74, 6) is 0. The van der Waals surface area contributed by atoms with E-state index >= 15 is 0 Å². The number of hydrazone groups is 1. The van der Waals surface area contributed by atoms with Crippen LogP contribution in [-0.2, 0) is 0 Å². The summed E-state index contributed by atoms with van der Waals surface area (Å²) < 4.78 is 0. The van der Waals surface area contributed by atoms with Crippen molar-refractivity contribution in [1.82, 2.24) is 15.4 Å². The van der Waals surface area contributed by atoms with E-state index in [1.165, 1.54) is 5.39 Å². The van der Waals surface area contributed by atoms with Crippen LogP contribution in [0.15, 0.2) is 76.2 Å². The van der Waals surface area contributed by atoms with Crippen LogP contribution in [0, 0.1) is 0 Å². The molecular weight excluding hydrogens is 338 g/mol. The van der Waals surface area contributed by atoms with Crippen molar-refractivity contribution >= 4 is 40.6 Å².